The maximum atomic E-state index is 12.6. The Morgan fingerprint density at radius 3 is 2.00 bits per heavy atom. The van der Waals surface area contributed by atoms with Crippen molar-refractivity contribution in [2.45, 2.75) is 79.1 Å². The van der Waals surface area contributed by atoms with Gasteiger partial charge in [-0.3, -0.25) is 4.79 Å². The lowest BCUT2D eigenvalue weighted by Gasteiger charge is -2.20. The van der Waals surface area contributed by atoms with Crippen LogP contribution in [0.1, 0.15) is 94.4 Å². The molecule has 2 rings (SSSR count). The number of nitrogens with one attached hydrogen (secondary N) is 1. The van der Waals surface area contributed by atoms with Crippen LogP contribution in [0.3, 0.4) is 0 Å². The van der Waals surface area contributed by atoms with Crippen LogP contribution in [-0.2, 0) is 4.79 Å². The Morgan fingerprint density at radius 2 is 1.48 bits per heavy atom. The highest BCUT2D eigenvalue weighted by Gasteiger charge is 2.15. The molecule has 2 aromatic rings. The van der Waals surface area contributed by atoms with Gasteiger partial charge < -0.3 is 10.1 Å². The molecule has 3 heteroatoms. The van der Waals surface area contributed by atoms with Crippen molar-refractivity contribution in [2.24, 2.45) is 0 Å². The fraction of sp³-hybridized carbons (Fsp3) is 0.500. The molecule has 0 fully saturated rings. The van der Waals surface area contributed by atoms with Crippen LogP contribution in [0.15, 0.2) is 36.4 Å². The molecule has 1 N–H and O–H groups in total. The normalized spacial score (nSPS) is 11.4. The van der Waals surface area contributed by atoms with Crippen LogP contribution >= 0.6 is 0 Å². The summed E-state index contributed by atoms with van der Waals surface area (Å²) in [6.07, 6.45) is 1.14. The summed E-state index contributed by atoms with van der Waals surface area (Å²) in [4.78, 5) is 12.6. The Labute approximate surface area is 176 Å². The Bertz CT molecular complexity index is 795. The van der Waals surface area contributed by atoms with Crippen molar-refractivity contribution in [3.05, 3.63) is 58.7 Å². The highest BCUT2D eigenvalue weighted by Crippen LogP contribution is 2.32. The van der Waals surface area contributed by atoms with Gasteiger partial charge in [0.1, 0.15) is 5.75 Å². The molecule has 1 amide bonds. The van der Waals surface area contributed by atoms with Crippen LogP contribution in [0.25, 0.3) is 0 Å². The number of rotatable bonds is 9. The van der Waals surface area contributed by atoms with Crippen molar-refractivity contribution in [2.75, 3.05) is 11.9 Å². The Morgan fingerprint density at radius 1 is 0.897 bits per heavy atom. The Hall–Kier alpha value is -2.29. The maximum absolute atomic E-state index is 12.6. The first-order chi connectivity index (χ1) is 13.7. The number of benzene rings is 2. The third kappa shape index (κ3) is 6.35. The van der Waals surface area contributed by atoms with Crippen molar-refractivity contribution in [1.82, 2.24) is 0 Å². The molecule has 158 valence electrons. The number of hydrogen-bond acceptors (Lipinski definition) is 2. The molecule has 0 atom stereocenters. The molecule has 0 radical (unpaired) electrons. The third-order valence-corrected chi connectivity index (χ3v) is 5.32. The molecule has 0 unspecified atom stereocenters. The van der Waals surface area contributed by atoms with E-state index in [9.17, 15) is 4.79 Å². The monoisotopic (exact) mass is 395 g/mol. The second-order valence-electron chi connectivity index (χ2n) is 8.79. The average Bonchev–Trinajstić information content (AvgIpc) is 2.64. The van der Waals surface area contributed by atoms with Crippen LogP contribution in [0, 0.1) is 6.92 Å². The summed E-state index contributed by atoms with van der Waals surface area (Å²) in [5.74, 6) is 2.17. The number of para-hydroxylation sites is 1. The molecule has 0 saturated heterocycles. The second-order valence-corrected chi connectivity index (χ2v) is 8.79. The number of carbonyl (C=O) groups excluding carboxylic acids is 1. The minimum Gasteiger partial charge on any atom is -0.494 e. The van der Waals surface area contributed by atoms with Gasteiger partial charge in [0, 0.05) is 12.1 Å². The summed E-state index contributed by atoms with van der Waals surface area (Å²) >= 11 is 0. The van der Waals surface area contributed by atoms with Crippen LogP contribution in [-0.4, -0.2) is 12.5 Å². The van der Waals surface area contributed by atoms with E-state index in [-0.39, 0.29) is 5.91 Å². The van der Waals surface area contributed by atoms with Crippen molar-refractivity contribution < 1.29 is 9.53 Å². The fourth-order valence-corrected chi connectivity index (χ4v) is 3.71. The minimum atomic E-state index is 0.0509. The molecule has 0 heterocycles. The first-order valence-corrected chi connectivity index (χ1v) is 10.9. The van der Waals surface area contributed by atoms with Crippen LogP contribution in [0.2, 0.25) is 0 Å². The number of carbonyl (C=O) groups is 1. The van der Waals surface area contributed by atoms with E-state index in [1.165, 1.54) is 22.3 Å². The highest BCUT2D eigenvalue weighted by molar-refractivity contribution is 5.92. The molecule has 0 spiro atoms. The van der Waals surface area contributed by atoms with Gasteiger partial charge in [0.25, 0.3) is 0 Å². The van der Waals surface area contributed by atoms with Gasteiger partial charge in [-0.1, -0.05) is 65.8 Å². The standard InChI is InChI=1S/C26H37NO2/c1-17(2)22-14-13-21(16-20(22)7)29-15-9-12-25(28)27-26-23(18(3)4)10-8-11-24(26)19(5)6/h8,10-11,13-14,16-19H,9,12,15H2,1-7H3,(H,27,28). The van der Waals surface area contributed by atoms with E-state index in [4.69, 9.17) is 4.74 Å². The van der Waals surface area contributed by atoms with Crippen molar-refractivity contribution in [3.8, 4) is 5.75 Å². The summed E-state index contributed by atoms with van der Waals surface area (Å²) in [5.41, 5.74) is 5.98. The van der Waals surface area contributed by atoms with Gasteiger partial charge >= 0.3 is 0 Å². The zero-order valence-corrected chi connectivity index (χ0v) is 19.1. The summed E-state index contributed by atoms with van der Waals surface area (Å²) in [7, 11) is 0. The predicted molar refractivity (Wildman–Crippen MR) is 123 cm³/mol. The molecule has 0 bridgehead atoms. The van der Waals surface area contributed by atoms with Crippen LogP contribution < -0.4 is 10.1 Å². The van der Waals surface area contributed by atoms with E-state index in [1.807, 2.05) is 6.07 Å². The van der Waals surface area contributed by atoms with Gasteiger partial charge in [-0.25, -0.2) is 0 Å². The molecule has 2 aromatic carbocycles. The smallest absolute Gasteiger partial charge is 0.224 e. The molecule has 0 aliphatic carbocycles. The molecule has 0 saturated carbocycles. The number of ether oxygens (including phenoxy) is 1. The summed E-state index contributed by atoms with van der Waals surface area (Å²) in [6, 6.07) is 12.6. The van der Waals surface area contributed by atoms with Gasteiger partial charge in [0.15, 0.2) is 0 Å². The zero-order chi connectivity index (χ0) is 21.6. The number of aryl methyl sites for hydroxylation is 1. The predicted octanol–water partition coefficient (Wildman–Crippen LogP) is 7.16. The minimum absolute atomic E-state index is 0.0509. The highest BCUT2D eigenvalue weighted by atomic mass is 16.5. The quantitative estimate of drug-likeness (QED) is 0.457. The summed E-state index contributed by atoms with van der Waals surface area (Å²) in [5, 5.41) is 3.18. The van der Waals surface area contributed by atoms with Gasteiger partial charge in [-0.15, -0.1) is 0 Å². The lowest BCUT2D eigenvalue weighted by Crippen LogP contribution is -2.16. The van der Waals surface area contributed by atoms with Crippen LogP contribution in [0.4, 0.5) is 5.69 Å². The molecule has 0 aliphatic heterocycles. The van der Waals surface area contributed by atoms with E-state index in [0.717, 1.165) is 11.4 Å². The molecular weight excluding hydrogens is 358 g/mol. The third-order valence-electron chi connectivity index (χ3n) is 5.32. The van der Waals surface area contributed by atoms with Gasteiger partial charge in [-0.05, 0) is 65.5 Å². The molecule has 3 nitrogen and oxygen atoms in total. The SMILES string of the molecule is Cc1cc(OCCCC(=O)Nc2c(C(C)C)cccc2C(C)C)ccc1C(C)C. The topological polar surface area (TPSA) is 38.3 Å². The Kier molecular flexibility index (Phi) is 8.31. The number of amides is 1. The zero-order valence-electron chi connectivity index (χ0n) is 19.1. The number of hydrogen-bond donors (Lipinski definition) is 1. The van der Waals surface area contributed by atoms with Gasteiger partial charge in [0.2, 0.25) is 5.91 Å². The molecule has 0 aromatic heterocycles. The molecular formula is C26H37NO2. The second kappa shape index (κ2) is 10.5. The van der Waals surface area contributed by atoms with Gasteiger partial charge in [0.05, 0.1) is 6.61 Å². The first-order valence-electron chi connectivity index (χ1n) is 10.9. The van der Waals surface area contributed by atoms with Crippen molar-refractivity contribution in [3.63, 3.8) is 0 Å². The van der Waals surface area contributed by atoms with Crippen molar-refractivity contribution in [1.29, 1.82) is 0 Å². The average molecular weight is 396 g/mol. The van der Waals surface area contributed by atoms with E-state index in [0.29, 0.717) is 37.2 Å². The Balaban J connectivity index is 1.92. The lowest BCUT2D eigenvalue weighted by atomic mass is 9.92. The van der Waals surface area contributed by atoms with Crippen molar-refractivity contribution >= 4 is 11.6 Å². The summed E-state index contributed by atoms with van der Waals surface area (Å²) in [6.45, 7) is 15.7. The lowest BCUT2D eigenvalue weighted by molar-refractivity contribution is -0.116. The van der Waals surface area contributed by atoms with Gasteiger partial charge in [-0.2, -0.15) is 0 Å². The fourth-order valence-electron chi connectivity index (χ4n) is 3.71. The summed E-state index contributed by atoms with van der Waals surface area (Å²) < 4.78 is 5.87. The maximum Gasteiger partial charge on any atom is 0.224 e. The molecule has 29 heavy (non-hydrogen) atoms. The van der Waals surface area contributed by atoms with E-state index >= 15 is 0 Å². The largest absolute Gasteiger partial charge is 0.494 e. The van der Waals surface area contributed by atoms with Crippen LogP contribution in [0.5, 0.6) is 5.75 Å². The van der Waals surface area contributed by atoms with E-state index < -0.39 is 0 Å². The van der Waals surface area contributed by atoms with E-state index in [2.05, 4.69) is 84.1 Å². The van der Waals surface area contributed by atoms with E-state index in [1.54, 1.807) is 0 Å². The first kappa shape index (κ1) is 23.0. The number of anilines is 1. The molecule has 0 aliphatic rings.